The molecule has 2 N–H and O–H groups in total. The number of nitrogens with one attached hydrogen (secondary N) is 1. The van der Waals surface area contributed by atoms with Crippen LogP contribution in [0.3, 0.4) is 0 Å². The fraction of sp³-hybridized carbons (Fsp3) is 0.278. The van der Waals surface area contributed by atoms with Crippen molar-refractivity contribution in [2.45, 2.75) is 25.9 Å². The highest BCUT2D eigenvalue weighted by Gasteiger charge is 2.12. The van der Waals surface area contributed by atoms with Crippen LogP contribution < -0.4 is 10.1 Å². The third kappa shape index (κ3) is 3.77. The molecule has 1 aliphatic rings. The average molecular weight is 332 g/mol. The van der Waals surface area contributed by atoms with E-state index in [1.54, 1.807) is 18.2 Å². The lowest BCUT2D eigenvalue weighted by molar-refractivity contribution is 0.0697. The maximum absolute atomic E-state index is 11.1. The highest BCUT2D eigenvalue weighted by Crippen LogP contribution is 2.29. The van der Waals surface area contributed by atoms with Gasteiger partial charge in [-0.25, -0.2) is 4.79 Å². The molecule has 0 amide bonds. The number of carboxylic acid groups (broad SMARTS) is 1. The van der Waals surface area contributed by atoms with Gasteiger partial charge in [0.1, 0.15) is 12.4 Å². The minimum Gasteiger partial charge on any atom is -0.487 e. The molecular formula is C18H18ClNO3. The summed E-state index contributed by atoms with van der Waals surface area (Å²) in [5, 5.41) is 13.2. The molecule has 0 saturated heterocycles. The first-order chi connectivity index (χ1) is 11.1. The van der Waals surface area contributed by atoms with E-state index in [-0.39, 0.29) is 5.56 Å². The number of rotatable bonds is 1. The van der Waals surface area contributed by atoms with Crippen LogP contribution >= 0.6 is 11.6 Å². The molecule has 3 rings (SSSR count). The number of benzene rings is 2. The van der Waals surface area contributed by atoms with Gasteiger partial charge in [-0.3, -0.25) is 0 Å². The second kappa shape index (κ2) is 6.92. The molecule has 0 aromatic heterocycles. The molecule has 2 aromatic carbocycles. The van der Waals surface area contributed by atoms with E-state index in [0.717, 1.165) is 42.1 Å². The minimum atomic E-state index is -0.941. The largest absolute Gasteiger partial charge is 0.487 e. The zero-order chi connectivity index (χ0) is 16.2. The Morgan fingerprint density at radius 1 is 1.13 bits per heavy atom. The Balaban J connectivity index is 1.91. The van der Waals surface area contributed by atoms with Crippen LogP contribution in [0.25, 0.3) is 0 Å². The topological polar surface area (TPSA) is 58.6 Å². The Bertz CT molecular complexity index is 730. The lowest BCUT2D eigenvalue weighted by Gasteiger charge is -2.14. The van der Waals surface area contributed by atoms with Gasteiger partial charge in [0.15, 0.2) is 0 Å². The van der Waals surface area contributed by atoms with E-state index in [1.807, 2.05) is 18.2 Å². The van der Waals surface area contributed by atoms with E-state index < -0.39 is 5.97 Å². The van der Waals surface area contributed by atoms with Crippen molar-refractivity contribution >= 4 is 23.3 Å². The zero-order valence-corrected chi connectivity index (χ0v) is 13.4. The molecule has 4 nitrogen and oxygen atoms in total. The summed E-state index contributed by atoms with van der Waals surface area (Å²) in [5.41, 5.74) is 3.30. The smallest absolute Gasteiger partial charge is 0.335 e. The van der Waals surface area contributed by atoms with E-state index in [0.29, 0.717) is 12.4 Å². The third-order valence-corrected chi connectivity index (χ3v) is 4.20. The van der Waals surface area contributed by atoms with Crippen molar-refractivity contribution in [2.75, 3.05) is 11.9 Å². The summed E-state index contributed by atoms with van der Waals surface area (Å²) in [6, 6.07) is 10.8. The third-order valence-electron chi connectivity index (χ3n) is 3.97. The number of carboxylic acids is 1. The Kier molecular flexibility index (Phi) is 4.72. The lowest BCUT2D eigenvalue weighted by Crippen LogP contribution is -2.06. The number of halogens is 1. The summed E-state index contributed by atoms with van der Waals surface area (Å²) in [6.45, 7) is 1.21. The number of anilines is 1. The predicted molar refractivity (Wildman–Crippen MR) is 90.6 cm³/mol. The average Bonchev–Trinajstić information content (AvgIpc) is 2.57. The summed E-state index contributed by atoms with van der Waals surface area (Å²) in [4.78, 5) is 11.1. The second-order valence-corrected chi connectivity index (χ2v) is 6.04. The molecule has 2 aromatic rings. The maximum Gasteiger partial charge on any atom is 0.335 e. The maximum atomic E-state index is 11.1. The molecule has 120 valence electrons. The van der Waals surface area contributed by atoms with Gasteiger partial charge in [-0.1, -0.05) is 17.7 Å². The molecule has 5 heteroatoms. The molecule has 1 heterocycles. The molecule has 0 spiro atoms. The summed E-state index contributed by atoms with van der Waals surface area (Å²) < 4.78 is 5.92. The Morgan fingerprint density at radius 2 is 2.00 bits per heavy atom. The molecule has 23 heavy (non-hydrogen) atoms. The number of aromatic carboxylic acids is 1. The van der Waals surface area contributed by atoms with Crippen LogP contribution in [0.2, 0.25) is 5.02 Å². The number of hydrogen-bond acceptors (Lipinski definition) is 3. The van der Waals surface area contributed by atoms with Gasteiger partial charge in [-0.05, 0) is 60.7 Å². The van der Waals surface area contributed by atoms with Crippen molar-refractivity contribution in [3.63, 3.8) is 0 Å². The lowest BCUT2D eigenvalue weighted by atomic mass is 10.0. The van der Waals surface area contributed by atoms with Crippen LogP contribution in [0.5, 0.6) is 5.75 Å². The van der Waals surface area contributed by atoms with E-state index in [1.165, 1.54) is 5.56 Å². The van der Waals surface area contributed by atoms with E-state index in [9.17, 15) is 4.79 Å². The number of aryl methyl sites for hydroxylation is 1. The standard InChI is InChI=1S/C18H18ClNO3/c19-15-6-4-14-11-23-17-7-5-13(18(21)22)10-16(17)20-8-2-1-3-12(14)9-15/h4-7,9-10,20H,1-3,8,11H2,(H,21,22). The highest BCUT2D eigenvalue weighted by molar-refractivity contribution is 6.30. The van der Waals surface area contributed by atoms with Crippen molar-refractivity contribution in [1.82, 2.24) is 0 Å². The predicted octanol–water partition coefficient (Wildman–Crippen LogP) is 4.37. The number of fused-ring (bicyclic) bond motifs is 2. The zero-order valence-electron chi connectivity index (χ0n) is 12.6. The van der Waals surface area contributed by atoms with Crippen LogP contribution in [0.4, 0.5) is 5.69 Å². The van der Waals surface area contributed by atoms with Gasteiger partial charge in [-0.15, -0.1) is 0 Å². The summed E-state index contributed by atoms with van der Waals surface area (Å²) in [6.07, 6.45) is 2.98. The molecule has 0 unspecified atom stereocenters. The van der Waals surface area contributed by atoms with Crippen molar-refractivity contribution in [3.05, 3.63) is 58.1 Å². The SMILES string of the molecule is O=C(O)c1ccc2c(c1)NCCCCc1cc(Cl)ccc1CO2. The van der Waals surface area contributed by atoms with Crippen molar-refractivity contribution < 1.29 is 14.6 Å². The quantitative estimate of drug-likeness (QED) is 0.815. The van der Waals surface area contributed by atoms with Crippen LogP contribution in [0.1, 0.15) is 34.3 Å². The molecule has 1 aliphatic heterocycles. The summed E-state index contributed by atoms with van der Waals surface area (Å²) in [5.74, 6) is -0.276. The molecule has 0 bridgehead atoms. The first kappa shape index (κ1) is 15.7. The van der Waals surface area contributed by atoms with Gasteiger partial charge in [0.05, 0.1) is 11.3 Å². The first-order valence-corrected chi connectivity index (χ1v) is 8.02. The second-order valence-electron chi connectivity index (χ2n) is 5.60. The van der Waals surface area contributed by atoms with Gasteiger partial charge in [0, 0.05) is 11.6 Å². The van der Waals surface area contributed by atoms with Crippen LogP contribution in [0.15, 0.2) is 36.4 Å². The normalized spacial score (nSPS) is 14.5. The number of carbonyl (C=O) groups is 1. The fourth-order valence-corrected chi connectivity index (χ4v) is 2.91. The Hall–Kier alpha value is -2.20. The number of hydrogen-bond donors (Lipinski definition) is 2. The minimum absolute atomic E-state index is 0.252. The highest BCUT2D eigenvalue weighted by atomic mass is 35.5. The molecule has 0 aliphatic carbocycles. The Labute approximate surface area is 140 Å². The molecular weight excluding hydrogens is 314 g/mol. The molecule has 0 radical (unpaired) electrons. The van der Waals surface area contributed by atoms with Crippen molar-refractivity contribution in [2.24, 2.45) is 0 Å². The Morgan fingerprint density at radius 3 is 2.83 bits per heavy atom. The van der Waals surface area contributed by atoms with Gasteiger partial charge in [0.25, 0.3) is 0 Å². The molecule has 0 atom stereocenters. The molecule has 0 fully saturated rings. The van der Waals surface area contributed by atoms with E-state index in [2.05, 4.69) is 5.32 Å². The van der Waals surface area contributed by atoms with Gasteiger partial charge < -0.3 is 15.2 Å². The number of ether oxygens (including phenoxy) is 1. The van der Waals surface area contributed by atoms with Crippen LogP contribution in [-0.2, 0) is 13.0 Å². The monoisotopic (exact) mass is 331 g/mol. The van der Waals surface area contributed by atoms with E-state index in [4.69, 9.17) is 21.4 Å². The summed E-state index contributed by atoms with van der Waals surface area (Å²) in [7, 11) is 0. The van der Waals surface area contributed by atoms with Gasteiger partial charge >= 0.3 is 5.97 Å². The van der Waals surface area contributed by atoms with Crippen molar-refractivity contribution in [3.8, 4) is 5.75 Å². The fourth-order valence-electron chi connectivity index (χ4n) is 2.71. The van der Waals surface area contributed by atoms with Gasteiger partial charge in [0.2, 0.25) is 0 Å². The first-order valence-electron chi connectivity index (χ1n) is 7.65. The van der Waals surface area contributed by atoms with E-state index >= 15 is 0 Å². The van der Waals surface area contributed by atoms with Crippen LogP contribution in [-0.4, -0.2) is 17.6 Å². The van der Waals surface area contributed by atoms with Crippen LogP contribution in [0, 0.1) is 0 Å². The molecule has 0 saturated carbocycles. The van der Waals surface area contributed by atoms with Crippen molar-refractivity contribution in [1.29, 1.82) is 0 Å². The van der Waals surface area contributed by atoms with Gasteiger partial charge in [-0.2, -0.15) is 0 Å². The summed E-state index contributed by atoms with van der Waals surface area (Å²) >= 11 is 6.10.